The van der Waals surface area contributed by atoms with E-state index in [2.05, 4.69) is 0 Å². The van der Waals surface area contributed by atoms with Gasteiger partial charge in [-0.1, -0.05) is 43.2 Å². The Kier molecular flexibility index (Phi) is 4.62. The zero-order valence-electron chi connectivity index (χ0n) is 11.7. The number of aliphatic hydroxyl groups is 1. The molecule has 0 amide bonds. The second-order valence-corrected chi connectivity index (χ2v) is 7.37. The van der Waals surface area contributed by atoms with Crippen LogP contribution in [0.3, 0.4) is 0 Å². The molecule has 1 N–H and O–H groups in total. The molecule has 0 aromatic heterocycles. The molecule has 0 atom stereocenters. The Morgan fingerprint density at radius 2 is 1.85 bits per heavy atom. The van der Waals surface area contributed by atoms with E-state index in [1.807, 2.05) is 30.3 Å². The molecular formula is C15H21NO3S. The monoisotopic (exact) mass is 295 g/mol. The molecule has 0 unspecified atom stereocenters. The van der Waals surface area contributed by atoms with Gasteiger partial charge >= 0.3 is 0 Å². The highest BCUT2D eigenvalue weighted by Gasteiger charge is 2.34. The fraction of sp³-hybridized carbons (Fsp3) is 0.467. The lowest BCUT2D eigenvalue weighted by molar-refractivity contribution is 0.0336. The first kappa shape index (κ1) is 15.2. The van der Waals surface area contributed by atoms with E-state index in [1.54, 1.807) is 6.08 Å². The number of hydrogen-bond acceptors (Lipinski definition) is 3. The summed E-state index contributed by atoms with van der Waals surface area (Å²) in [6.45, 7) is 0.161. The van der Waals surface area contributed by atoms with Crippen molar-refractivity contribution >= 4 is 16.1 Å². The van der Waals surface area contributed by atoms with Crippen LogP contribution in [0.2, 0.25) is 0 Å². The van der Waals surface area contributed by atoms with Crippen LogP contribution < -0.4 is 0 Å². The third-order valence-corrected chi connectivity index (χ3v) is 5.20. The Morgan fingerprint density at radius 1 is 1.25 bits per heavy atom. The maximum absolute atomic E-state index is 12.2. The van der Waals surface area contributed by atoms with Gasteiger partial charge in [-0.2, -0.15) is 4.31 Å². The Bertz CT molecular complexity index is 560. The van der Waals surface area contributed by atoms with Crippen molar-refractivity contribution in [2.75, 3.05) is 13.6 Å². The van der Waals surface area contributed by atoms with Gasteiger partial charge in [0.15, 0.2) is 0 Å². The van der Waals surface area contributed by atoms with Crippen LogP contribution in [0.15, 0.2) is 35.7 Å². The molecular weight excluding hydrogens is 274 g/mol. The van der Waals surface area contributed by atoms with E-state index in [4.69, 9.17) is 0 Å². The van der Waals surface area contributed by atoms with Gasteiger partial charge in [0.1, 0.15) is 0 Å². The molecule has 1 aliphatic carbocycles. The van der Waals surface area contributed by atoms with Crippen LogP contribution in [0.25, 0.3) is 6.08 Å². The van der Waals surface area contributed by atoms with E-state index >= 15 is 0 Å². The van der Waals surface area contributed by atoms with Gasteiger partial charge in [0.05, 0.1) is 5.60 Å². The quantitative estimate of drug-likeness (QED) is 0.906. The highest BCUT2D eigenvalue weighted by Crippen LogP contribution is 2.30. The third-order valence-electron chi connectivity index (χ3n) is 3.72. The molecule has 110 valence electrons. The highest BCUT2D eigenvalue weighted by molar-refractivity contribution is 7.92. The lowest BCUT2D eigenvalue weighted by Gasteiger charge is -2.27. The number of rotatable bonds is 5. The molecule has 0 bridgehead atoms. The molecule has 5 heteroatoms. The minimum absolute atomic E-state index is 0.161. The maximum atomic E-state index is 12.2. The molecule has 0 spiro atoms. The molecule has 1 aromatic carbocycles. The van der Waals surface area contributed by atoms with Crippen LogP contribution >= 0.6 is 0 Å². The van der Waals surface area contributed by atoms with Crippen LogP contribution in [0.5, 0.6) is 0 Å². The van der Waals surface area contributed by atoms with Gasteiger partial charge in [-0.3, -0.25) is 0 Å². The summed E-state index contributed by atoms with van der Waals surface area (Å²) < 4.78 is 25.6. The van der Waals surface area contributed by atoms with Crippen LogP contribution in [-0.2, 0) is 10.0 Å². The van der Waals surface area contributed by atoms with Crippen LogP contribution in [-0.4, -0.2) is 37.0 Å². The first-order valence-electron chi connectivity index (χ1n) is 6.83. The number of hydrogen-bond donors (Lipinski definition) is 1. The SMILES string of the molecule is CN(CC1(O)CCCC1)S(=O)(=O)/C=C/c1ccccc1. The summed E-state index contributed by atoms with van der Waals surface area (Å²) >= 11 is 0. The molecule has 0 aliphatic heterocycles. The van der Waals surface area contributed by atoms with E-state index in [9.17, 15) is 13.5 Å². The molecule has 0 heterocycles. The van der Waals surface area contributed by atoms with Crippen molar-refractivity contribution in [1.29, 1.82) is 0 Å². The van der Waals surface area contributed by atoms with Crippen molar-refractivity contribution in [2.45, 2.75) is 31.3 Å². The van der Waals surface area contributed by atoms with Gasteiger partial charge < -0.3 is 5.11 Å². The van der Waals surface area contributed by atoms with Gasteiger partial charge in [0.25, 0.3) is 0 Å². The van der Waals surface area contributed by atoms with E-state index in [0.717, 1.165) is 18.4 Å². The Morgan fingerprint density at radius 3 is 2.45 bits per heavy atom. The first-order valence-corrected chi connectivity index (χ1v) is 8.34. The Labute approximate surface area is 120 Å². The van der Waals surface area contributed by atoms with Crippen LogP contribution in [0.4, 0.5) is 0 Å². The smallest absolute Gasteiger partial charge is 0.236 e. The summed E-state index contributed by atoms with van der Waals surface area (Å²) in [7, 11) is -1.98. The van der Waals surface area contributed by atoms with Crippen molar-refractivity contribution in [3.05, 3.63) is 41.3 Å². The Hall–Kier alpha value is -1.17. The third kappa shape index (κ3) is 3.91. The number of benzene rings is 1. The van der Waals surface area contributed by atoms with E-state index in [1.165, 1.54) is 16.8 Å². The van der Waals surface area contributed by atoms with E-state index in [0.29, 0.717) is 12.8 Å². The summed E-state index contributed by atoms with van der Waals surface area (Å²) in [5, 5.41) is 11.5. The fourth-order valence-corrected chi connectivity index (χ4v) is 3.49. The summed E-state index contributed by atoms with van der Waals surface area (Å²) in [6, 6.07) is 9.29. The van der Waals surface area contributed by atoms with Crippen LogP contribution in [0, 0.1) is 0 Å². The molecule has 0 saturated heterocycles. The minimum atomic E-state index is -3.49. The predicted octanol–water partition coefficient (Wildman–Crippen LogP) is 2.22. The average Bonchev–Trinajstić information content (AvgIpc) is 2.84. The van der Waals surface area contributed by atoms with Gasteiger partial charge in [0.2, 0.25) is 10.0 Å². The number of likely N-dealkylation sites (N-methyl/N-ethyl adjacent to an activating group) is 1. The topological polar surface area (TPSA) is 57.6 Å². The van der Waals surface area contributed by atoms with Gasteiger partial charge in [-0.15, -0.1) is 0 Å². The summed E-state index contributed by atoms with van der Waals surface area (Å²) in [5.41, 5.74) is -0.0216. The second-order valence-electron chi connectivity index (χ2n) is 5.45. The largest absolute Gasteiger partial charge is 0.389 e. The molecule has 4 nitrogen and oxygen atoms in total. The first-order chi connectivity index (χ1) is 9.41. The molecule has 1 aromatic rings. The second kappa shape index (κ2) is 6.08. The zero-order chi connectivity index (χ0) is 14.6. The summed E-state index contributed by atoms with van der Waals surface area (Å²) in [6.07, 6.45) is 4.85. The van der Waals surface area contributed by atoms with Gasteiger partial charge in [0, 0.05) is 19.0 Å². The van der Waals surface area contributed by atoms with Crippen molar-refractivity contribution in [3.8, 4) is 0 Å². The number of nitrogens with zero attached hydrogens (tertiary/aromatic N) is 1. The van der Waals surface area contributed by atoms with E-state index < -0.39 is 15.6 Å². The molecule has 0 radical (unpaired) electrons. The molecule has 1 aliphatic rings. The predicted molar refractivity (Wildman–Crippen MR) is 80.4 cm³/mol. The minimum Gasteiger partial charge on any atom is -0.389 e. The normalized spacial score (nSPS) is 18.9. The zero-order valence-corrected chi connectivity index (χ0v) is 12.5. The fourth-order valence-electron chi connectivity index (χ4n) is 2.53. The molecule has 20 heavy (non-hydrogen) atoms. The van der Waals surface area contributed by atoms with Gasteiger partial charge in [-0.05, 0) is 24.5 Å². The molecule has 2 rings (SSSR count). The lowest BCUT2D eigenvalue weighted by Crippen LogP contribution is -2.41. The maximum Gasteiger partial charge on any atom is 0.236 e. The molecule has 1 saturated carbocycles. The molecule has 1 fully saturated rings. The summed E-state index contributed by atoms with van der Waals surface area (Å²) in [5.74, 6) is 0. The van der Waals surface area contributed by atoms with E-state index in [-0.39, 0.29) is 6.54 Å². The lowest BCUT2D eigenvalue weighted by atomic mass is 10.0. The van der Waals surface area contributed by atoms with Crippen molar-refractivity contribution in [1.82, 2.24) is 4.31 Å². The average molecular weight is 295 g/mol. The van der Waals surface area contributed by atoms with Crippen molar-refractivity contribution < 1.29 is 13.5 Å². The highest BCUT2D eigenvalue weighted by atomic mass is 32.2. The standard InChI is InChI=1S/C15H21NO3S/c1-16(13-15(17)10-5-6-11-15)20(18,19)12-9-14-7-3-2-4-8-14/h2-4,7-9,12,17H,5-6,10-11,13H2,1H3/b12-9+. The van der Waals surface area contributed by atoms with Crippen molar-refractivity contribution in [3.63, 3.8) is 0 Å². The number of sulfonamides is 1. The van der Waals surface area contributed by atoms with Crippen LogP contribution in [0.1, 0.15) is 31.2 Å². The Balaban J connectivity index is 2.04. The van der Waals surface area contributed by atoms with Gasteiger partial charge in [-0.25, -0.2) is 8.42 Å². The summed E-state index contributed by atoms with van der Waals surface area (Å²) in [4.78, 5) is 0. The van der Waals surface area contributed by atoms with Crippen molar-refractivity contribution in [2.24, 2.45) is 0 Å².